The van der Waals surface area contributed by atoms with E-state index in [2.05, 4.69) is 34.6 Å². The maximum atomic E-state index is 5.17. The van der Waals surface area contributed by atoms with Crippen molar-refractivity contribution in [3.8, 4) is 17.0 Å². The number of anilines is 2. The molecule has 1 aliphatic carbocycles. The summed E-state index contributed by atoms with van der Waals surface area (Å²) in [6.07, 6.45) is 3.98. The molecule has 0 amide bonds. The smallest absolute Gasteiger partial charge is 0.227 e. The van der Waals surface area contributed by atoms with Gasteiger partial charge in [-0.3, -0.25) is 0 Å². The number of aromatic nitrogens is 2. The van der Waals surface area contributed by atoms with Crippen molar-refractivity contribution in [3.63, 3.8) is 0 Å². The zero-order chi connectivity index (χ0) is 15.6. The molecule has 0 bridgehead atoms. The fourth-order valence-corrected chi connectivity index (χ4v) is 2.93. The molecule has 0 unspecified atom stereocenters. The largest absolute Gasteiger partial charge is 0.497 e. The van der Waals surface area contributed by atoms with E-state index in [4.69, 9.17) is 9.72 Å². The molecule has 1 heterocycles. The Hall–Kier alpha value is -2.88. The Morgan fingerprint density at radius 3 is 2.57 bits per heavy atom. The van der Waals surface area contributed by atoms with Gasteiger partial charge in [0.25, 0.3) is 0 Å². The topological polar surface area (TPSA) is 47.0 Å². The van der Waals surface area contributed by atoms with E-state index in [-0.39, 0.29) is 0 Å². The van der Waals surface area contributed by atoms with E-state index in [9.17, 15) is 0 Å². The van der Waals surface area contributed by atoms with Crippen molar-refractivity contribution in [1.82, 2.24) is 9.97 Å². The number of nitrogens with one attached hydrogen (secondary N) is 1. The lowest BCUT2D eigenvalue weighted by Crippen LogP contribution is -2.08. The minimum atomic E-state index is 0.616. The molecule has 0 spiro atoms. The molecule has 114 valence electrons. The molecule has 1 aromatic heterocycles. The van der Waals surface area contributed by atoms with Gasteiger partial charge in [-0.05, 0) is 48.2 Å². The van der Waals surface area contributed by atoms with Gasteiger partial charge in [0.2, 0.25) is 5.95 Å². The SMILES string of the molecule is COc1ccc(Nc2ncc3c(n2)-c2ccccc2CC3)cc1. The molecule has 0 saturated heterocycles. The number of rotatable bonds is 3. The van der Waals surface area contributed by atoms with Crippen LogP contribution in [0.25, 0.3) is 11.3 Å². The van der Waals surface area contributed by atoms with E-state index in [0.717, 1.165) is 30.0 Å². The van der Waals surface area contributed by atoms with E-state index in [1.807, 2.05) is 30.5 Å². The zero-order valence-electron chi connectivity index (χ0n) is 12.9. The van der Waals surface area contributed by atoms with E-state index >= 15 is 0 Å². The number of hydrogen-bond acceptors (Lipinski definition) is 4. The summed E-state index contributed by atoms with van der Waals surface area (Å²) < 4.78 is 5.17. The standard InChI is InChI=1S/C19H17N3O/c1-23-16-10-8-15(9-11-16)21-19-20-12-14-7-6-13-4-2-3-5-17(13)18(14)22-19/h2-5,8-12H,6-7H2,1H3,(H,20,21,22). The van der Waals surface area contributed by atoms with Gasteiger partial charge in [-0.2, -0.15) is 0 Å². The molecule has 2 aromatic carbocycles. The van der Waals surface area contributed by atoms with Crippen molar-refractivity contribution >= 4 is 11.6 Å². The van der Waals surface area contributed by atoms with Crippen LogP contribution in [-0.2, 0) is 12.8 Å². The molecule has 0 atom stereocenters. The first kappa shape index (κ1) is 13.8. The van der Waals surface area contributed by atoms with Crippen molar-refractivity contribution < 1.29 is 4.74 Å². The third kappa shape index (κ3) is 2.63. The number of ether oxygens (including phenoxy) is 1. The summed E-state index contributed by atoms with van der Waals surface area (Å²) in [4.78, 5) is 9.19. The highest BCUT2D eigenvalue weighted by atomic mass is 16.5. The Kier molecular flexibility index (Phi) is 3.42. The molecule has 0 saturated carbocycles. The predicted octanol–water partition coefficient (Wildman–Crippen LogP) is 3.99. The van der Waals surface area contributed by atoms with Crippen LogP contribution in [-0.4, -0.2) is 17.1 Å². The summed E-state index contributed by atoms with van der Waals surface area (Å²) in [5.74, 6) is 1.45. The number of benzene rings is 2. The molecule has 23 heavy (non-hydrogen) atoms. The second-order valence-corrected chi connectivity index (χ2v) is 5.58. The second kappa shape index (κ2) is 5.72. The quantitative estimate of drug-likeness (QED) is 0.794. The van der Waals surface area contributed by atoms with Gasteiger partial charge < -0.3 is 10.1 Å². The molecular formula is C19H17N3O. The average molecular weight is 303 g/mol. The molecule has 4 rings (SSSR count). The summed E-state index contributed by atoms with van der Waals surface area (Å²) in [5, 5.41) is 3.26. The van der Waals surface area contributed by atoms with Gasteiger partial charge in [-0.15, -0.1) is 0 Å². The van der Waals surface area contributed by atoms with Crippen molar-refractivity contribution in [2.45, 2.75) is 12.8 Å². The van der Waals surface area contributed by atoms with E-state index < -0.39 is 0 Å². The maximum Gasteiger partial charge on any atom is 0.227 e. The number of methoxy groups -OCH3 is 1. The molecule has 0 fully saturated rings. The van der Waals surface area contributed by atoms with Crippen molar-refractivity contribution in [2.24, 2.45) is 0 Å². The van der Waals surface area contributed by atoms with Crippen LogP contribution >= 0.6 is 0 Å². The first-order valence-electron chi connectivity index (χ1n) is 7.69. The lowest BCUT2D eigenvalue weighted by atomic mass is 9.90. The van der Waals surface area contributed by atoms with E-state index in [1.54, 1.807) is 7.11 Å². The Balaban J connectivity index is 1.67. The van der Waals surface area contributed by atoms with Gasteiger partial charge >= 0.3 is 0 Å². The fourth-order valence-electron chi connectivity index (χ4n) is 2.93. The van der Waals surface area contributed by atoms with Crippen LogP contribution in [0.3, 0.4) is 0 Å². The zero-order valence-corrected chi connectivity index (χ0v) is 12.9. The third-order valence-corrected chi connectivity index (χ3v) is 4.15. The lowest BCUT2D eigenvalue weighted by Gasteiger charge is -2.19. The first-order valence-corrected chi connectivity index (χ1v) is 7.69. The Morgan fingerprint density at radius 1 is 0.957 bits per heavy atom. The number of nitrogens with zero attached hydrogens (tertiary/aromatic N) is 2. The summed E-state index contributed by atoms with van der Waals surface area (Å²) in [5.41, 5.74) is 5.76. The molecule has 3 aromatic rings. The summed E-state index contributed by atoms with van der Waals surface area (Å²) >= 11 is 0. The van der Waals surface area contributed by atoms with Crippen molar-refractivity contribution in [1.29, 1.82) is 0 Å². The maximum absolute atomic E-state index is 5.17. The third-order valence-electron chi connectivity index (χ3n) is 4.15. The monoisotopic (exact) mass is 303 g/mol. The molecule has 0 radical (unpaired) electrons. The molecule has 0 aliphatic heterocycles. The lowest BCUT2D eigenvalue weighted by molar-refractivity contribution is 0.415. The summed E-state index contributed by atoms with van der Waals surface area (Å²) in [7, 11) is 1.66. The van der Waals surface area contributed by atoms with Crippen LogP contribution in [0.15, 0.2) is 54.7 Å². The van der Waals surface area contributed by atoms with Gasteiger partial charge in [-0.25, -0.2) is 9.97 Å². The highest BCUT2D eigenvalue weighted by Crippen LogP contribution is 2.32. The van der Waals surface area contributed by atoms with Gasteiger partial charge in [0, 0.05) is 17.4 Å². The highest BCUT2D eigenvalue weighted by Gasteiger charge is 2.17. The normalized spacial score (nSPS) is 12.2. The van der Waals surface area contributed by atoms with Gasteiger partial charge in [0.1, 0.15) is 5.75 Å². The minimum Gasteiger partial charge on any atom is -0.497 e. The highest BCUT2D eigenvalue weighted by molar-refractivity contribution is 5.70. The van der Waals surface area contributed by atoms with E-state index in [1.165, 1.54) is 16.7 Å². The summed E-state index contributed by atoms with van der Waals surface area (Å²) in [6, 6.07) is 16.2. The molecule has 1 N–H and O–H groups in total. The number of fused-ring (bicyclic) bond motifs is 3. The Morgan fingerprint density at radius 2 is 1.74 bits per heavy atom. The molecule has 1 aliphatic rings. The van der Waals surface area contributed by atoms with Crippen molar-refractivity contribution in [3.05, 3.63) is 65.9 Å². The van der Waals surface area contributed by atoms with Crippen LogP contribution in [0.2, 0.25) is 0 Å². The second-order valence-electron chi connectivity index (χ2n) is 5.58. The Bertz CT molecular complexity index is 843. The minimum absolute atomic E-state index is 0.616. The predicted molar refractivity (Wildman–Crippen MR) is 91.2 cm³/mol. The van der Waals surface area contributed by atoms with Crippen LogP contribution in [0.4, 0.5) is 11.6 Å². The summed E-state index contributed by atoms with van der Waals surface area (Å²) in [6.45, 7) is 0. The van der Waals surface area contributed by atoms with Gasteiger partial charge in [0.05, 0.1) is 12.8 Å². The van der Waals surface area contributed by atoms with Gasteiger partial charge in [0.15, 0.2) is 0 Å². The Labute approximate surface area is 135 Å². The number of hydrogen-bond donors (Lipinski definition) is 1. The molecular weight excluding hydrogens is 286 g/mol. The van der Waals surface area contributed by atoms with Crippen LogP contribution in [0.5, 0.6) is 5.75 Å². The van der Waals surface area contributed by atoms with Crippen LogP contribution in [0, 0.1) is 0 Å². The molecule has 4 heteroatoms. The first-order chi connectivity index (χ1) is 11.3. The van der Waals surface area contributed by atoms with Crippen LogP contribution < -0.4 is 10.1 Å². The average Bonchev–Trinajstić information content (AvgIpc) is 2.62. The fraction of sp³-hybridized carbons (Fsp3) is 0.158. The molecule has 4 nitrogen and oxygen atoms in total. The van der Waals surface area contributed by atoms with E-state index in [0.29, 0.717) is 5.95 Å². The van der Waals surface area contributed by atoms with Crippen molar-refractivity contribution in [2.75, 3.05) is 12.4 Å². The van der Waals surface area contributed by atoms with Gasteiger partial charge in [-0.1, -0.05) is 24.3 Å². The van der Waals surface area contributed by atoms with Crippen LogP contribution in [0.1, 0.15) is 11.1 Å². The number of aryl methyl sites for hydroxylation is 2.